The second kappa shape index (κ2) is 8.99. The normalized spacial score (nSPS) is 14.0. The summed E-state index contributed by atoms with van der Waals surface area (Å²) in [4.78, 5) is 25.3. The Bertz CT molecular complexity index is 739. The van der Waals surface area contributed by atoms with Gasteiger partial charge in [-0.1, -0.05) is 80.2 Å². The van der Waals surface area contributed by atoms with Gasteiger partial charge in [-0.3, -0.25) is 9.59 Å². The molecule has 2 atom stereocenters. The molecule has 2 unspecified atom stereocenters. The molecule has 0 aliphatic rings. The molecule has 0 spiro atoms. The molecule has 2 aromatic rings. The van der Waals surface area contributed by atoms with Gasteiger partial charge in [0.1, 0.15) is 6.61 Å². The molecule has 0 bridgehead atoms. The van der Waals surface area contributed by atoms with E-state index in [1.54, 1.807) is 30.3 Å². The molecule has 4 heteroatoms. The molecule has 26 heavy (non-hydrogen) atoms. The molecule has 0 saturated carbocycles. The topological polar surface area (TPSA) is 63.6 Å². The Hall–Kier alpha value is -2.88. The lowest BCUT2D eigenvalue weighted by molar-refractivity contribution is -0.161. The van der Waals surface area contributed by atoms with E-state index in [1.807, 2.05) is 37.3 Å². The molecule has 4 nitrogen and oxygen atoms in total. The fourth-order valence-electron chi connectivity index (χ4n) is 3.19. The molecule has 2 aromatic carbocycles. The van der Waals surface area contributed by atoms with Gasteiger partial charge < -0.3 is 9.84 Å². The quantitative estimate of drug-likeness (QED) is 0.415. The van der Waals surface area contributed by atoms with Gasteiger partial charge in [0.05, 0.1) is 0 Å². The van der Waals surface area contributed by atoms with Crippen LogP contribution in [-0.2, 0) is 19.7 Å². The van der Waals surface area contributed by atoms with Crippen molar-refractivity contribution >= 4 is 11.9 Å². The molecule has 0 aliphatic heterocycles. The molecular weight excluding hydrogens is 328 g/mol. The molecule has 0 fully saturated rings. The van der Waals surface area contributed by atoms with Crippen LogP contribution in [0.4, 0.5) is 0 Å². The third-order valence-corrected chi connectivity index (χ3v) is 4.63. The molecule has 2 rings (SSSR count). The maximum absolute atomic E-state index is 12.9. The lowest BCUT2D eigenvalue weighted by Gasteiger charge is -2.31. The van der Waals surface area contributed by atoms with Crippen molar-refractivity contribution in [2.45, 2.75) is 31.1 Å². The van der Waals surface area contributed by atoms with Gasteiger partial charge in [0.25, 0.3) is 0 Å². The van der Waals surface area contributed by atoms with Gasteiger partial charge in [-0.2, -0.15) is 0 Å². The predicted octanol–water partition coefficient (Wildman–Crippen LogP) is 4.32. The van der Waals surface area contributed by atoms with E-state index in [-0.39, 0.29) is 18.9 Å². The zero-order valence-corrected chi connectivity index (χ0v) is 14.9. The minimum absolute atomic E-state index is 0.0250. The smallest absolute Gasteiger partial charge is 0.328 e. The van der Waals surface area contributed by atoms with Crippen molar-refractivity contribution in [3.8, 4) is 0 Å². The largest absolute Gasteiger partial charge is 0.480 e. The summed E-state index contributed by atoms with van der Waals surface area (Å²) in [5, 5.41) is 10.1. The highest BCUT2D eigenvalue weighted by molar-refractivity contribution is 6.05. The first-order valence-corrected chi connectivity index (χ1v) is 8.68. The SMILES string of the molecule is C=CCOC(=O)C(CC(CC)c1ccccc1)(C(=O)O)c1ccccc1. The molecule has 1 N–H and O–H groups in total. The van der Waals surface area contributed by atoms with E-state index in [4.69, 9.17) is 4.74 Å². The molecule has 0 heterocycles. The van der Waals surface area contributed by atoms with Crippen LogP contribution in [0.2, 0.25) is 0 Å². The van der Waals surface area contributed by atoms with Gasteiger partial charge in [-0.25, -0.2) is 0 Å². The maximum atomic E-state index is 12.9. The average Bonchev–Trinajstić information content (AvgIpc) is 2.68. The first-order chi connectivity index (χ1) is 12.6. The van der Waals surface area contributed by atoms with Gasteiger partial charge >= 0.3 is 11.9 Å². The Morgan fingerprint density at radius 3 is 2.19 bits per heavy atom. The van der Waals surface area contributed by atoms with E-state index in [0.717, 1.165) is 5.56 Å². The monoisotopic (exact) mass is 352 g/mol. The third-order valence-electron chi connectivity index (χ3n) is 4.63. The summed E-state index contributed by atoms with van der Waals surface area (Å²) in [6.07, 6.45) is 2.27. The number of esters is 1. The summed E-state index contributed by atoms with van der Waals surface area (Å²) in [6.45, 7) is 5.50. The van der Waals surface area contributed by atoms with Crippen LogP contribution in [0.3, 0.4) is 0 Å². The summed E-state index contributed by atoms with van der Waals surface area (Å²) >= 11 is 0. The van der Waals surface area contributed by atoms with Gasteiger partial charge in [-0.05, 0) is 29.9 Å². The van der Waals surface area contributed by atoms with Crippen LogP contribution >= 0.6 is 0 Å². The van der Waals surface area contributed by atoms with Crippen LogP contribution in [0.1, 0.15) is 36.8 Å². The maximum Gasteiger partial charge on any atom is 0.328 e. The number of carbonyl (C=O) groups is 2. The highest BCUT2D eigenvalue weighted by Gasteiger charge is 2.50. The van der Waals surface area contributed by atoms with E-state index in [9.17, 15) is 14.7 Å². The molecule has 0 saturated heterocycles. The minimum Gasteiger partial charge on any atom is -0.480 e. The van der Waals surface area contributed by atoms with Gasteiger partial charge in [-0.15, -0.1) is 0 Å². The zero-order chi connectivity index (χ0) is 19.0. The molecule has 136 valence electrons. The number of carbonyl (C=O) groups excluding carboxylic acids is 1. The second-order valence-corrected chi connectivity index (χ2v) is 6.18. The first-order valence-electron chi connectivity index (χ1n) is 8.68. The number of hydrogen-bond donors (Lipinski definition) is 1. The fraction of sp³-hybridized carbons (Fsp3) is 0.273. The Kier molecular flexibility index (Phi) is 6.73. The van der Waals surface area contributed by atoms with Gasteiger partial charge in [0, 0.05) is 0 Å². The van der Waals surface area contributed by atoms with E-state index in [0.29, 0.717) is 12.0 Å². The Morgan fingerprint density at radius 2 is 1.69 bits per heavy atom. The van der Waals surface area contributed by atoms with Crippen LogP contribution in [0, 0.1) is 0 Å². The van der Waals surface area contributed by atoms with Gasteiger partial charge in [0.15, 0.2) is 5.41 Å². The van der Waals surface area contributed by atoms with Crippen molar-refractivity contribution in [2.75, 3.05) is 6.61 Å². The lowest BCUT2D eigenvalue weighted by Crippen LogP contribution is -2.46. The van der Waals surface area contributed by atoms with E-state index in [1.165, 1.54) is 6.08 Å². The number of rotatable bonds is 9. The number of hydrogen-bond acceptors (Lipinski definition) is 3. The Morgan fingerprint density at radius 1 is 1.12 bits per heavy atom. The molecule has 0 radical (unpaired) electrons. The van der Waals surface area contributed by atoms with Crippen molar-refractivity contribution in [3.63, 3.8) is 0 Å². The minimum atomic E-state index is -1.76. The van der Waals surface area contributed by atoms with Crippen LogP contribution in [0.15, 0.2) is 73.3 Å². The second-order valence-electron chi connectivity index (χ2n) is 6.18. The summed E-state index contributed by atoms with van der Waals surface area (Å²) in [5.41, 5.74) is -0.329. The highest BCUT2D eigenvalue weighted by atomic mass is 16.5. The first kappa shape index (κ1) is 19.4. The van der Waals surface area contributed by atoms with Crippen LogP contribution in [0.5, 0.6) is 0 Å². The standard InChI is InChI=1S/C22H24O4/c1-3-15-26-21(25)22(20(23)24,19-13-9-6-10-14-19)16-17(4-2)18-11-7-5-8-12-18/h3,5-14,17H,1,4,15-16H2,2H3,(H,23,24). The summed E-state index contributed by atoms with van der Waals surface area (Å²) < 4.78 is 5.22. The Balaban J connectivity index is 2.52. The lowest BCUT2D eigenvalue weighted by atomic mass is 9.71. The average molecular weight is 352 g/mol. The number of carboxylic acids is 1. The zero-order valence-electron chi connectivity index (χ0n) is 14.9. The molecule has 0 aromatic heterocycles. The number of aliphatic carboxylic acids is 1. The number of ether oxygens (including phenoxy) is 1. The van der Waals surface area contributed by atoms with Crippen molar-refractivity contribution in [1.82, 2.24) is 0 Å². The van der Waals surface area contributed by atoms with E-state index < -0.39 is 17.4 Å². The number of carboxylic acid groups (broad SMARTS) is 1. The third kappa shape index (κ3) is 4.02. The van der Waals surface area contributed by atoms with Crippen molar-refractivity contribution < 1.29 is 19.4 Å². The number of benzene rings is 2. The summed E-state index contributed by atoms with van der Waals surface area (Å²) in [6, 6.07) is 18.3. The van der Waals surface area contributed by atoms with Crippen molar-refractivity contribution in [1.29, 1.82) is 0 Å². The van der Waals surface area contributed by atoms with E-state index in [2.05, 4.69) is 6.58 Å². The summed E-state index contributed by atoms with van der Waals surface area (Å²) in [7, 11) is 0. The molecule has 0 amide bonds. The van der Waals surface area contributed by atoms with Crippen LogP contribution in [-0.4, -0.2) is 23.7 Å². The molecular formula is C22H24O4. The van der Waals surface area contributed by atoms with Crippen LogP contribution < -0.4 is 0 Å². The van der Waals surface area contributed by atoms with Crippen molar-refractivity contribution in [3.05, 3.63) is 84.4 Å². The fourth-order valence-corrected chi connectivity index (χ4v) is 3.19. The molecule has 0 aliphatic carbocycles. The summed E-state index contributed by atoms with van der Waals surface area (Å²) in [5.74, 6) is -2.05. The predicted molar refractivity (Wildman–Crippen MR) is 101 cm³/mol. The van der Waals surface area contributed by atoms with Crippen LogP contribution in [0.25, 0.3) is 0 Å². The van der Waals surface area contributed by atoms with Gasteiger partial charge in [0.2, 0.25) is 0 Å². The highest BCUT2D eigenvalue weighted by Crippen LogP contribution is 2.38. The van der Waals surface area contributed by atoms with Crippen molar-refractivity contribution in [2.24, 2.45) is 0 Å². The van der Waals surface area contributed by atoms with E-state index >= 15 is 0 Å². The Labute approximate surface area is 154 Å².